The third kappa shape index (κ3) is 2.67. The first-order valence-corrected chi connectivity index (χ1v) is 7.91. The molecular weight excluding hydrogens is 316 g/mol. The second kappa shape index (κ2) is 6.20. The molecule has 23 heavy (non-hydrogen) atoms. The molecule has 1 aliphatic heterocycles. The Morgan fingerprint density at radius 1 is 1.48 bits per heavy atom. The Balaban J connectivity index is 1.97. The Bertz CT molecular complexity index is 744. The Morgan fingerprint density at radius 3 is 2.91 bits per heavy atom. The van der Waals surface area contributed by atoms with E-state index in [0.717, 1.165) is 24.1 Å². The second-order valence-electron chi connectivity index (χ2n) is 5.63. The van der Waals surface area contributed by atoms with E-state index < -0.39 is 0 Å². The smallest absolute Gasteiger partial charge is 0.259 e. The molecule has 0 unspecified atom stereocenters. The van der Waals surface area contributed by atoms with Crippen molar-refractivity contribution in [2.24, 2.45) is 7.05 Å². The van der Waals surface area contributed by atoms with Crippen LogP contribution in [0.1, 0.15) is 40.5 Å². The van der Waals surface area contributed by atoms with E-state index >= 15 is 0 Å². The molecule has 2 aromatic rings. The highest BCUT2D eigenvalue weighted by Gasteiger charge is 2.35. The maximum absolute atomic E-state index is 13.0. The molecule has 1 fully saturated rings. The first-order chi connectivity index (χ1) is 11.0. The molecular formula is C16H19ClN4O2. The van der Waals surface area contributed by atoms with Crippen LogP contribution < -0.4 is 4.74 Å². The summed E-state index contributed by atoms with van der Waals surface area (Å²) >= 11 is 6.39. The Kier molecular flexibility index (Phi) is 4.26. The number of carbonyl (C=O) groups excluding carboxylic acids is 1. The van der Waals surface area contributed by atoms with Gasteiger partial charge in [-0.05, 0) is 31.9 Å². The molecule has 0 spiro atoms. The summed E-state index contributed by atoms with van der Waals surface area (Å²) in [4.78, 5) is 18.9. The fourth-order valence-electron chi connectivity index (χ4n) is 3.21. The number of amides is 1. The summed E-state index contributed by atoms with van der Waals surface area (Å²) in [6.45, 7) is 2.61. The summed E-state index contributed by atoms with van der Waals surface area (Å²) in [5, 5.41) is 4.95. The summed E-state index contributed by atoms with van der Waals surface area (Å²) in [5.74, 6) is 0.258. The molecule has 122 valence electrons. The van der Waals surface area contributed by atoms with Crippen LogP contribution in [0, 0.1) is 6.92 Å². The number of ether oxygens (including phenoxy) is 1. The van der Waals surface area contributed by atoms with Gasteiger partial charge in [0.05, 0.1) is 18.8 Å². The van der Waals surface area contributed by atoms with Crippen LogP contribution in [0.2, 0.25) is 5.15 Å². The van der Waals surface area contributed by atoms with Gasteiger partial charge in [0.2, 0.25) is 5.88 Å². The number of nitrogens with zero attached hydrogens (tertiary/aromatic N) is 4. The minimum atomic E-state index is -0.0863. The molecule has 1 aliphatic rings. The highest BCUT2D eigenvalue weighted by atomic mass is 35.5. The number of halogens is 1. The second-order valence-corrected chi connectivity index (χ2v) is 5.99. The molecule has 1 amide bonds. The first kappa shape index (κ1) is 15.8. The number of likely N-dealkylation sites (tertiary alicyclic amines) is 1. The molecule has 0 N–H and O–H groups in total. The molecule has 6 nitrogen and oxygen atoms in total. The lowest BCUT2D eigenvalue weighted by atomic mass is 10.1. The van der Waals surface area contributed by atoms with Gasteiger partial charge in [0, 0.05) is 25.4 Å². The number of methoxy groups -OCH3 is 1. The van der Waals surface area contributed by atoms with Crippen molar-refractivity contribution in [2.45, 2.75) is 25.8 Å². The number of aryl methyl sites for hydroxylation is 2. The van der Waals surface area contributed by atoms with Crippen LogP contribution in [0.4, 0.5) is 0 Å². The van der Waals surface area contributed by atoms with Gasteiger partial charge in [-0.2, -0.15) is 5.10 Å². The van der Waals surface area contributed by atoms with Crippen LogP contribution in [0.15, 0.2) is 18.3 Å². The van der Waals surface area contributed by atoms with Gasteiger partial charge in [-0.3, -0.25) is 9.48 Å². The summed E-state index contributed by atoms with van der Waals surface area (Å²) in [6, 6.07) is 3.42. The standard InChI is InChI=1S/C16H19ClN4O2/c1-10-13(14(17)20(2)19-10)12-7-5-9-21(12)16(22)11-6-4-8-18-15(11)23-3/h4,6,8,12H,5,7,9H2,1-3H3/t12-/m0/s1. The molecule has 0 bridgehead atoms. The fraction of sp³-hybridized carbons (Fsp3) is 0.438. The highest BCUT2D eigenvalue weighted by molar-refractivity contribution is 6.30. The van der Waals surface area contributed by atoms with Crippen LogP contribution in [-0.2, 0) is 7.05 Å². The molecule has 1 atom stereocenters. The summed E-state index contributed by atoms with van der Waals surface area (Å²) in [5.41, 5.74) is 2.27. The lowest BCUT2D eigenvalue weighted by Crippen LogP contribution is -2.31. The van der Waals surface area contributed by atoms with Crippen molar-refractivity contribution in [1.29, 1.82) is 0 Å². The normalized spacial score (nSPS) is 17.6. The number of hydrogen-bond acceptors (Lipinski definition) is 4. The average Bonchev–Trinajstić information content (AvgIpc) is 3.11. The molecule has 7 heteroatoms. The lowest BCUT2D eigenvalue weighted by molar-refractivity contribution is 0.0731. The summed E-state index contributed by atoms with van der Waals surface area (Å²) < 4.78 is 6.87. The zero-order valence-electron chi connectivity index (χ0n) is 13.4. The van der Waals surface area contributed by atoms with Gasteiger partial charge >= 0.3 is 0 Å². The van der Waals surface area contributed by atoms with Crippen molar-refractivity contribution >= 4 is 17.5 Å². The number of pyridine rings is 1. The van der Waals surface area contributed by atoms with E-state index in [-0.39, 0.29) is 11.9 Å². The van der Waals surface area contributed by atoms with Gasteiger partial charge in [-0.1, -0.05) is 11.6 Å². The Labute approximate surface area is 140 Å². The maximum atomic E-state index is 13.0. The van der Waals surface area contributed by atoms with E-state index in [9.17, 15) is 4.79 Å². The van der Waals surface area contributed by atoms with Crippen molar-refractivity contribution < 1.29 is 9.53 Å². The average molecular weight is 335 g/mol. The molecule has 3 rings (SSSR count). The number of hydrogen-bond donors (Lipinski definition) is 0. The van der Waals surface area contributed by atoms with Gasteiger partial charge in [-0.15, -0.1) is 0 Å². The quantitative estimate of drug-likeness (QED) is 0.866. The molecule has 2 aromatic heterocycles. The zero-order valence-corrected chi connectivity index (χ0v) is 14.2. The van der Waals surface area contributed by atoms with Crippen molar-refractivity contribution in [3.8, 4) is 5.88 Å². The van der Waals surface area contributed by atoms with E-state index in [1.54, 1.807) is 23.0 Å². The maximum Gasteiger partial charge on any atom is 0.259 e. The van der Waals surface area contributed by atoms with E-state index in [1.165, 1.54) is 7.11 Å². The number of carbonyl (C=O) groups is 1. The Hall–Kier alpha value is -2.08. The minimum Gasteiger partial charge on any atom is -0.480 e. The van der Waals surface area contributed by atoms with Gasteiger partial charge < -0.3 is 9.64 Å². The minimum absolute atomic E-state index is 0.0615. The molecule has 0 saturated carbocycles. The van der Waals surface area contributed by atoms with Gasteiger partial charge in [-0.25, -0.2) is 4.98 Å². The lowest BCUT2D eigenvalue weighted by Gasteiger charge is -2.25. The predicted octanol–water partition coefficient (Wildman–Crippen LogP) is 2.76. The number of aromatic nitrogens is 3. The van der Waals surface area contributed by atoms with Crippen LogP contribution in [-0.4, -0.2) is 39.2 Å². The molecule has 0 aromatic carbocycles. The van der Waals surface area contributed by atoms with E-state index in [4.69, 9.17) is 16.3 Å². The third-order valence-electron chi connectivity index (χ3n) is 4.24. The van der Waals surface area contributed by atoms with Crippen LogP contribution in [0.5, 0.6) is 5.88 Å². The molecule has 0 aliphatic carbocycles. The highest BCUT2D eigenvalue weighted by Crippen LogP contribution is 2.38. The molecule has 3 heterocycles. The Morgan fingerprint density at radius 2 is 2.26 bits per heavy atom. The predicted molar refractivity (Wildman–Crippen MR) is 86.8 cm³/mol. The molecule has 1 saturated heterocycles. The summed E-state index contributed by atoms with van der Waals surface area (Å²) in [7, 11) is 3.33. The summed E-state index contributed by atoms with van der Waals surface area (Å²) in [6.07, 6.45) is 3.42. The fourth-order valence-corrected chi connectivity index (χ4v) is 3.51. The van der Waals surface area contributed by atoms with Crippen molar-refractivity contribution in [1.82, 2.24) is 19.7 Å². The third-order valence-corrected chi connectivity index (χ3v) is 4.69. The van der Waals surface area contributed by atoms with Crippen molar-refractivity contribution in [3.05, 3.63) is 40.3 Å². The van der Waals surface area contributed by atoms with Crippen LogP contribution >= 0.6 is 11.6 Å². The first-order valence-electron chi connectivity index (χ1n) is 7.53. The van der Waals surface area contributed by atoms with E-state index in [2.05, 4.69) is 10.1 Å². The monoisotopic (exact) mass is 334 g/mol. The molecule has 0 radical (unpaired) electrons. The van der Waals surface area contributed by atoms with Crippen LogP contribution in [0.25, 0.3) is 0 Å². The van der Waals surface area contributed by atoms with Gasteiger partial charge in [0.1, 0.15) is 10.7 Å². The van der Waals surface area contributed by atoms with Crippen LogP contribution in [0.3, 0.4) is 0 Å². The van der Waals surface area contributed by atoms with Gasteiger partial charge in [0.25, 0.3) is 5.91 Å². The SMILES string of the molecule is COc1ncccc1C(=O)N1CCC[C@H]1c1c(C)nn(C)c1Cl. The largest absolute Gasteiger partial charge is 0.480 e. The topological polar surface area (TPSA) is 60.2 Å². The van der Waals surface area contributed by atoms with E-state index in [0.29, 0.717) is 23.1 Å². The van der Waals surface area contributed by atoms with Crippen molar-refractivity contribution in [3.63, 3.8) is 0 Å². The van der Waals surface area contributed by atoms with Crippen molar-refractivity contribution in [2.75, 3.05) is 13.7 Å². The van der Waals surface area contributed by atoms with Gasteiger partial charge in [0.15, 0.2) is 0 Å². The zero-order chi connectivity index (χ0) is 16.6. The number of rotatable bonds is 3. The van der Waals surface area contributed by atoms with E-state index in [1.807, 2.05) is 18.9 Å².